The molecule has 1 N–H and O–H groups in total. The molecular formula is C23H31ClIN5O2. The topological polar surface area (TPSA) is 64.3 Å². The molecule has 2 fully saturated rings. The average molecular weight is 572 g/mol. The van der Waals surface area contributed by atoms with E-state index in [0.717, 1.165) is 43.7 Å². The van der Waals surface area contributed by atoms with Crippen molar-refractivity contribution in [3.05, 3.63) is 59.0 Å². The normalized spacial score (nSPS) is 18.4. The summed E-state index contributed by atoms with van der Waals surface area (Å²) in [6.07, 6.45) is 4.00. The van der Waals surface area contributed by atoms with Gasteiger partial charge >= 0.3 is 0 Å². The van der Waals surface area contributed by atoms with Gasteiger partial charge in [0.05, 0.1) is 12.3 Å². The number of nitrogens with one attached hydrogen (secondary N) is 1. The van der Waals surface area contributed by atoms with Crippen LogP contribution in [0.4, 0.5) is 0 Å². The summed E-state index contributed by atoms with van der Waals surface area (Å²) in [6.45, 7) is 5.72. The van der Waals surface area contributed by atoms with Crippen LogP contribution in [0.15, 0.2) is 52.1 Å². The number of rotatable bonds is 5. The molecule has 0 saturated carbocycles. The minimum atomic E-state index is -0.0531. The first-order valence-electron chi connectivity index (χ1n) is 10.9. The van der Waals surface area contributed by atoms with Gasteiger partial charge in [-0.15, -0.1) is 24.0 Å². The first-order valence-corrected chi connectivity index (χ1v) is 11.3. The summed E-state index contributed by atoms with van der Waals surface area (Å²) in [7, 11) is 1.81. The third kappa shape index (κ3) is 5.96. The van der Waals surface area contributed by atoms with E-state index < -0.39 is 0 Å². The van der Waals surface area contributed by atoms with Crippen LogP contribution in [-0.2, 0) is 0 Å². The minimum absolute atomic E-state index is 0. The number of carbonyl (C=O) groups excluding carboxylic acids is 1. The maximum absolute atomic E-state index is 12.5. The van der Waals surface area contributed by atoms with Crippen molar-refractivity contribution in [3.8, 4) is 0 Å². The van der Waals surface area contributed by atoms with E-state index in [4.69, 9.17) is 16.0 Å². The largest absolute Gasteiger partial charge is 0.459 e. The molecule has 0 radical (unpaired) electrons. The predicted octanol–water partition coefficient (Wildman–Crippen LogP) is 3.72. The van der Waals surface area contributed by atoms with E-state index in [2.05, 4.69) is 32.2 Å². The van der Waals surface area contributed by atoms with Gasteiger partial charge in [-0.1, -0.05) is 23.7 Å². The fraction of sp³-hybridized carbons (Fsp3) is 0.478. The molecular weight excluding hydrogens is 541 g/mol. The number of carbonyl (C=O) groups is 1. The van der Waals surface area contributed by atoms with Gasteiger partial charge in [-0.3, -0.25) is 14.7 Å². The highest BCUT2D eigenvalue weighted by molar-refractivity contribution is 14.0. The molecule has 7 nitrogen and oxygen atoms in total. The molecule has 0 bridgehead atoms. The molecule has 1 aromatic carbocycles. The van der Waals surface area contributed by atoms with Crippen molar-refractivity contribution in [1.82, 2.24) is 20.0 Å². The molecule has 1 atom stereocenters. The minimum Gasteiger partial charge on any atom is -0.459 e. The van der Waals surface area contributed by atoms with Crippen LogP contribution >= 0.6 is 35.6 Å². The highest BCUT2D eigenvalue weighted by Gasteiger charge is 2.27. The third-order valence-electron chi connectivity index (χ3n) is 6.08. The van der Waals surface area contributed by atoms with Crippen LogP contribution in [-0.4, -0.2) is 79.4 Å². The molecule has 2 aliphatic heterocycles. The van der Waals surface area contributed by atoms with Gasteiger partial charge in [0, 0.05) is 44.8 Å². The quantitative estimate of drug-likeness (QED) is 0.337. The Labute approximate surface area is 211 Å². The predicted molar refractivity (Wildman–Crippen MR) is 138 cm³/mol. The molecule has 1 amide bonds. The van der Waals surface area contributed by atoms with Crippen molar-refractivity contribution in [3.63, 3.8) is 0 Å². The van der Waals surface area contributed by atoms with E-state index in [1.807, 2.05) is 24.1 Å². The van der Waals surface area contributed by atoms with Gasteiger partial charge in [-0.2, -0.15) is 0 Å². The van der Waals surface area contributed by atoms with E-state index in [9.17, 15) is 4.79 Å². The molecule has 0 spiro atoms. The fourth-order valence-corrected chi connectivity index (χ4v) is 4.62. The van der Waals surface area contributed by atoms with E-state index >= 15 is 0 Å². The standard InChI is InChI=1S/C23H30ClN5O2.HI/c1-25-23(29-13-11-28(12-14-29)22(30)21-8-5-15-31-21)26-17-20(27-9-2-3-10-27)18-6-4-7-19(24)16-18;/h4-8,15-16,20H,2-3,9-14,17H2,1H3,(H,25,26);1H. The number of benzene rings is 1. The van der Waals surface area contributed by atoms with Crippen molar-refractivity contribution < 1.29 is 9.21 Å². The molecule has 2 saturated heterocycles. The number of amides is 1. The molecule has 2 aromatic rings. The maximum atomic E-state index is 12.5. The van der Waals surface area contributed by atoms with E-state index in [1.54, 1.807) is 12.1 Å². The van der Waals surface area contributed by atoms with Crippen LogP contribution in [0.1, 0.15) is 35.0 Å². The first-order chi connectivity index (χ1) is 15.2. The number of likely N-dealkylation sites (tertiary alicyclic amines) is 1. The smallest absolute Gasteiger partial charge is 0.289 e. The van der Waals surface area contributed by atoms with Gasteiger partial charge in [-0.25, -0.2) is 0 Å². The summed E-state index contributed by atoms with van der Waals surface area (Å²) in [5.74, 6) is 1.21. The Balaban J connectivity index is 0.00000289. The summed E-state index contributed by atoms with van der Waals surface area (Å²) in [4.78, 5) is 23.6. The van der Waals surface area contributed by atoms with Crippen LogP contribution in [0.2, 0.25) is 5.02 Å². The number of furan rings is 1. The second-order valence-corrected chi connectivity index (χ2v) is 8.43. The highest BCUT2D eigenvalue weighted by Crippen LogP contribution is 2.26. The summed E-state index contributed by atoms with van der Waals surface area (Å²) < 4.78 is 5.25. The van der Waals surface area contributed by atoms with Crippen molar-refractivity contribution >= 4 is 47.4 Å². The van der Waals surface area contributed by atoms with Crippen molar-refractivity contribution in [2.75, 3.05) is 52.9 Å². The van der Waals surface area contributed by atoms with Crippen LogP contribution in [0.5, 0.6) is 0 Å². The van der Waals surface area contributed by atoms with Crippen molar-refractivity contribution in [1.29, 1.82) is 0 Å². The Hall–Kier alpha value is -1.78. The lowest BCUT2D eigenvalue weighted by Crippen LogP contribution is -2.54. The molecule has 32 heavy (non-hydrogen) atoms. The Morgan fingerprint density at radius 2 is 1.81 bits per heavy atom. The number of guanidine groups is 1. The van der Waals surface area contributed by atoms with Gasteiger partial charge in [0.1, 0.15) is 0 Å². The van der Waals surface area contributed by atoms with Gasteiger partial charge in [0.15, 0.2) is 11.7 Å². The lowest BCUT2D eigenvalue weighted by Gasteiger charge is -2.37. The van der Waals surface area contributed by atoms with Crippen molar-refractivity contribution in [2.45, 2.75) is 18.9 Å². The zero-order chi connectivity index (χ0) is 21.6. The van der Waals surface area contributed by atoms with E-state index in [1.165, 1.54) is 24.7 Å². The average Bonchev–Trinajstić information content (AvgIpc) is 3.51. The highest BCUT2D eigenvalue weighted by atomic mass is 127. The van der Waals surface area contributed by atoms with E-state index in [-0.39, 0.29) is 35.9 Å². The number of piperazine rings is 1. The molecule has 0 aliphatic carbocycles. The van der Waals surface area contributed by atoms with Gasteiger partial charge < -0.3 is 19.5 Å². The number of hydrogen-bond donors (Lipinski definition) is 1. The van der Waals surface area contributed by atoms with Crippen LogP contribution < -0.4 is 5.32 Å². The van der Waals surface area contributed by atoms with Crippen LogP contribution in [0, 0.1) is 0 Å². The SMILES string of the molecule is CN=C(NCC(c1cccc(Cl)c1)N1CCCC1)N1CCN(C(=O)c2ccco2)CC1.I. The zero-order valence-electron chi connectivity index (χ0n) is 18.4. The first kappa shape index (κ1) is 24.9. The lowest BCUT2D eigenvalue weighted by atomic mass is 10.1. The summed E-state index contributed by atoms with van der Waals surface area (Å²) in [5, 5.41) is 4.34. The zero-order valence-corrected chi connectivity index (χ0v) is 21.5. The van der Waals surface area contributed by atoms with Gasteiger partial charge in [-0.05, 0) is 55.8 Å². The molecule has 174 valence electrons. The Morgan fingerprint density at radius 3 is 2.44 bits per heavy atom. The van der Waals surface area contributed by atoms with Crippen molar-refractivity contribution in [2.24, 2.45) is 4.99 Å². The van der Waals surface area contributed by atoms with Crippen LogP contribution in [0.25, 0.3) is 0 Å². The molecule has 1 unspecified atom stereocenters. The second-order valence-electron chi connectivity index (χ2n) is 8.00. The van der Waals surface area contributed by atoms with Crippen LogP contribution in [0.3, 0.4) is 0 Å². The summed E-state index contributed by atoms with van der Waals surface area (Å²) in [5.41, 5.74) is 1.23. The Bertz CT molecular complexity index is 894. The number of halogens is 2. The van der Waals surface area contributed by atoms with E-state index in [0.29, 0.717) is 18.8 Å². The Morgan fingerprint density at radius 1 is 1.09 bits per heavy atom. The number of aliphatic imine (C=N–C) groups is 1. The molecule has 9 heteroatoms. The van der Waals surface area contributed by atoms with Gasteiger partial charge in [0.25, 0.3) is 5.91 Å². The third-order valence-corrected chi connectivity index (χ3v) is 6.31. The van der Waals surface area contributed by atoms with Gasteiger partial charge in [0.2, 0.25) is 0 Å². The molecule has 1 aromatic heterocycles. The summed E-state index contributed by atoms with van der Waals surface area (Å²) in [6, 6.07) is 11.9. The second kappa shape index (κ2) is 11.9. The maximum Gasteiger partial charge on any atom is 0.289 e. The molecule has 4 rings (SSSR count). The number of nitrogens with zero attached hydrogens (tertiary/aromatic N) is 4. The monoisotopic (exact) mass is 571 g/mol. The Kier molecular flexibility index (Phi) is 9.24. The fourth-order valence-electron chi connectivity index (χ4n) is 4.42. The lowest BCUT2D eigenvalue weighted by molar-refractivity contribution is 0.0657. The summed E-state index contributed by atoms with van der Waals surface area (Å²) >= 11 is 6.27. The molecule has 2 aliphatic rings. The molecule has 3 heterocycles. The number of hydrogen-bond acceptors (Lipinski definition) is 4.